The second-order valence-electron chi connectivity index (χ2n) is 9.21. The van der Waals surface area contributed by atoms with Gasteiger partial charge in [0, 0.05) is 64.9 Å². The third kappa shape index (κ3) is 4.93. The molecule has 5 nitrogen and oxygen atoms in total. The molecule has 2 N–H and O–H groups in total. The minimum absolute atomic E-state index is 0.0153. The fourth-order valence-electron chi connectivity index (χ4n) is 4.53. The summed E-state index contributed by atoms with van der Waals surface area (Å²) in [5, 5.41) is 4.79. The average Bonchev–Trinajstić information content (AvgIpc) is 3.20. The molecule has 0 aliphatic carbocycles. The van der Waals surface area contributed by atoms with Crippen molar-refractivity contribution in [3.63, 3.8) is 0 Å². The van der Waals surface area contributed by atoms with Crippen molar-refractivity contribution in [3.8, 4) is 11.1 Å². The van der Waals surface area contributed by atoms with Crippen LogP contribution in [0.3, 0.4) is 0 Å². The van der Waals surface area contributed by atoms with Gasteiger partial charge in [-0.05, 0) is 81.1 Å². The summed E-state index contributed by atoms with van der Waals surface area (Å²) in [6, 6.07) is 13.4. The van der Waals surface area contributed by atoms with E-state index in [1.54, 1.807) is 0 Å². The summed E-state index contributed by atoms with van der Waals surface area (Å²) < 4.78 is 2.31. The van der Waals surface area contributed by atoms with Crippen molar-refractivity contribution < 1.29 is 0 Å². The van der Waals surface area contributed by atoms with Crippen molar-refractivity contribution in [1.82, 2.24) is 19.9 Å². The Morgan fingerprint density at radius 1 is 1.03 bits per heavy atom. The van der Waals surface area contributed by atoms with Crippen LogP contribution in [0, 0.1) is 13.8 Å². The maximum Gasteiger partial charge on any atom is 0.252 e. The Balaban J connectivity index is 1.68. The number of rotatable bonds is 8. The molecule has 0 saturated carbocycles. The van der Waals surface area contributed by atoms with Crippen LogP contribution in [0.15, 0.2) is 53.6 Å². The highest BCUT2D eigenvalue weighted by atomic mass is 16.1. The second-order valence-corrected chi connectivity index (χ2v) is 9.21. The molecule has 0 aliphatic heterocycles. The molecule has 0 spiro atoms. The van der Waals surface area contributed by atoms with Crippen molar-refractivity contribution in [2.45, 2.75) is 66.6 Å². The number of nitrogens with zero attached hydrogens (tertiary/aromatic N) is 2. The monoisotopic (exact) mass is 442 g/mol. The maximum atomic E-state index is 12.6. The van der Waals surface area contributed by atoms with E-state index >= 15 is 0 Å². The van der Waals surface area contributed by atoms with Gasteiger partial charge in [0.15, 0.2) is 0 Å². The van der Waals surface area contributed by atoms with Crippen molar-refractivity contribution in [2.24, 2.45) is 0 Å². The lowest BCUT2D eigenvalue weighted by Gasteiger charge is -2.14. The summed E-state index contributed by atoms with van der Waals surface area (Å²) in [4.78, 5) is 20.1. The van der Waals surface area contributed by atoms with Crippen molar-refractivity contribution >= 4 is 10.9 Å². The fourth-order valence-corrected chi connectivity index (χ4v) is 4.53. The van der Waals surface area contributed by atoms with Gasteiger partial charge in [-0.2, -0.15) is 0 Å². The van der Waals surface area contributed by atoms with Crippen LogP contribution in [0.4, 0.5) is 0 Å². The highest BCUT2D eigenvalue weighted by molar-refractivity contribution is 5.88. The zero-order valence-corrected chi connectivity index (χ0v) is 20.3. The van der Waals surface area contributed by atoms with E-state index in [1.165, 1.54) is 16.5 Å². The van der Waals surface area contributed by atoms with E-state index in [0.29, 0.717) is 19.1 Å². The molecular formula is C28H34N4O. The van der Waals surface area contributed by atoms with E-state index in [4.69, 9.17) is 0 Å². The molecule has 33 heavy (non-hydrogen) atoms. The van der Waals surface area contributed by atoms with Crippen LogP contribution >= 0.6 is 0 Å². The Bertz CT molecular complexity index is 1310. The third-order valence-electron chi connectivity index (χ3n) is 6.22. The average molecular weight is 443 g/mol. The molecular weight excluding hydrogens is 408 g/mol. The van der Waals surface area contributed by atoms with Crippen LogP contribution in [-0.2, 0) is 19.5 Å². The molecule has 0 aliphatic rings. The minimum atomic E-state index is 0.0153. The topological polar surface area (TPSA) is 62.7 Å². The lowest BCUT2D eigenvalue weighted by Crippen LogP contribution is -2.23. The van der Waals surface area contributed by atoms with E-state index in [0.717, 1.165) is 46.5 Å². The first-order valence-electron chi connectivity index (χ1n) is 11.9. The van der Waals surface area contributed by atoms with Gasteiger partial charge in [-0.3, -0.25) is 9.78 Å². The molecule has 4 rings (SSSR count). The Morgan fingerprint density at radius 2 is 1.85 bits per heavy atom. The summed E-state index contributed by atoms with van der Waals surface area (Å²) in [7, 11) is 0. The smallest absolute Gasteiger partial charge is 0.252 e. The summed E-state index contributed by atoms with van der Waals surface area (Å²) in [5.41, 5.74) is 8.65. The quantitative estimate of drug-likeness (QED) is 0.361. The van der Waals surface area contributed by atoms with Crippen LogP contribution in [0.1, 0.15) is 61.3 Å². The summed E-state index contributed by atoms with van der Waals surface area (Å²) in [6.45, 7) is 11.7. The third-order valence-corrected chi connectivity index (χ3v) is 6.22. The Kier molecular flexibility index (Phi) is 6.80. The molecule has 172 valence electrons. The van der Waals surface area contributed by atoms with Crippen molar-refractivity contribution in [1.29, 1.82) is 0 Å². The van der Waals surface area contributed by atoms with Crippen LogP contribution in [0.5, 0.6) is 0 Å². The summed E-state index contributed by atoms with van der Waals surface area (Å²) in [5.74, 6) is 0. The molecule has 0 fully saturated rings. The van der Waals surface area contributed by atoms with Gasteiger partial charge in [0.05, 0.1) is 0 Å². The zero-order valence-electron chi connectivity index (χ0n) is 20.3. The van der Waals surface area contributed by atoms with Crippen LogP contribution in [0.25, 0.3) is 22.0 Å². The number of pyridine rings is 2. The number of aromatic amines is 1. The van der Waals surface area contributed by atoms with E-state index in [2.05, 4.69) is 83.2 Å². The second kappa shape index (κ2) is 9.75. The molecule has 1 aromatic carbocycles. The number of aromatic nitrogens is 3. The Morgan fingerprint density at radius 3 is 2.55 bits per heavy atom. The van der Waals surface area contributed by atoms with E-state index in [9.17, 15) is 4.79 Å². The number of fused-ring (bicyclic) bond motifs is 1. The molecule has 3 aromatic heterocycles. The SMILES string of the molecule is CCCc1cc(C)[nH]c(=O)c1CNCc1cc(-c2ccc(C)nc2)cc2c1ccn2C(C)C. The van der Waals surface area contributed by atoms with Gasteiger partial charge < -0.3 is 14.9 Å². The van der Waals surface area contributed by atoms with Crippen molar-refractivity contribution in [3.05, 3.63) is 87.2 Å². The molecule has 0 atom stereocenters. The predicted molar refractivity (Wildman–Crippen MR) is 137 cm³/mol. The molecule has 0 unspecified atom stereocenters. The molecule has 0 bridgehead atoms. The maximum absolute atomic E-state index is 12.6. The first-order chi connectivity index (χ1) is 15.9. The Labute approximate surface area is 195 Å². The number of aryl methyl sites for hydroxylation is 3. The highest BCUT2D eigenvalue weighted by Crippen LogP contribution is 2.30. The van der Waals surface area contributed by atoms with Gasteiger partial charge >= 0.3 is 0 Å². The molecule has 3 heterocycles. The van der Waals surface area contributed by atoms with E-state index < -0.39 is 0 Å². The van der Waals surface area contributed by atoms with E-state index in [1.807, 2.05) is 20.0 Å². The molecule has 0 saturated heterocycles. The lowest BCUT2D eigenvalue weighted by molar-refractivity contribution is 0.623. The zero-order chi connectivity index (χ0) is 23.5. The predicted octanol–water partition coefficient (Wildman–Crippen LogP) is 5.83. The Hall–Kier alpha value is -3.18. The fraction of sp³-hybridized carbons (Fsp3) is 0.357. The summed E-state index contributed by atoms with van der Waals surface area (Å²) >= 11 is 0. The van der Waals surface area contributed by atoms with Crippen LogP contribution < -0.4 is 10.9 Å². The molecule has 4 aromatic rings. The lowest BCUT2D eigenvalue weighted by atomic mass is 10.0. The number of benzene rings is 1. The van der Waals surface area contributed by atoms with E-state index in [-0.39, 0.29) is 5.56 Å². The van der Waals surface area contributed by atoms with Gasteiger partial charge in [0.2, 0.25) is 0 Å². The van der Waals surface area contributed by atoms with Crippen LogP contribution in [0.2, 0.25) is 0 Å². The van der Waals surface area contributed by atoms with Gasteiger partial charge in [0.1, 0.15) is 0 Å². The standard InChI is InChI=1S/C28H34N4O/c1-6-7-21-12-20(5)31-28(33)26(21)17-29-15-24-13-23(22-9-8-19(4)30-16-22)14-27-25(24)10-11-32(27)18(2)3/h8-14,16,18,29H,6-7,15,17H2,1-5H3,(H,31,33). The van der Waals surface area contributed by atoms with Crippen molar-refractivity contribution in [2.75, 3.05) is 0 Å². The highest BCUT2D eigenvalue weighted by Gasteiger charge is 2.13. The van der Waals surface area contributed by atoms with Gasteiger partial charge in [-0.1, -0.05) is 19.4 Å². The first-order valence-corrected chi connectivity index (χ1v) is 11.9. The normalized spacial score (nSPS) is 11.6. The first kappa shape index (κ1) is 23.0. The number of hydrogen-bond donors (Lipinski definition) is 2. The van der Waals surface area contributed by atoms with Crippen LogP contribution in [-0.4, -0.2) is 14.5 Å². The van der Waals surface area contributed by atoms with Gasteiger partial charge in [0.25, 0.3) is 5.56 Å². The molecule has 0 amide bonds. The van der Waals surface area contributed by atoms with Gasteiger partial charge in [-0.25, -0.2) is 0 Å². The number of hydrogen-bond acceptors (Lipinski definition) is 3. The summed E-state index contributed by atoms with van der Waals surface area (Å²) in [6.07, 6.45) is 6.05. The molecule has 5 heteroatoms. The minimum Gasteiger partial charge on any atom is -0.345 e. The van der Waals surface area contributed by atoms with Gasteiger partial charge in [-0.15, -0.1) is 0 Å². The largest absolute Gasteiger partial charge is 0.345 e. The number of nitrogens with one attached hydrogen (secondary N) is 2. The number of H-pyrrole nitrogens is 1. The molecule has 0 radical (unpaired) electrons.